The fraction of sp³-hybridized carbons (Fsp3) is 0.733. The van der Waals surface area contributed by atoms with Crippen LogP contribution in [-0.2, 0) is 6.42 Å². The Labute approximate surface area is 109 Å². The molecule has 0 spiro atoms. The highest BCUT2D eigenvalue weighted by Gasteiger charge is 2.37. The van der Waals surface area contributed by atoms with Crippen molar-refractivity contribution in [3.05, 3.63) is 18.0 Å². The maximum Gasteiger partial charge on any atom is 0.0693 e. The molecule has 18 heavy (non-hydrogen) atoms. The van der Waals surface area contributed by atoms with Crippen molar-refractivity contribution in [2.75, 3.05) is 0 Å². The number of nitrogens with zero attached hydrogens (tertiary/aromatic N) is 3. The zero-order valence-corrected chi connectivity index (χ0v) is 10.9. The van der Waals surface area contributed by atoms with E-state index < -0.39 is 0 Å². The van der Waals surface area contributed by atoms with Gasteiger partial charge in [0.25, 0.3) is 0 Å². The van der Waals surface area contributed by atoms with Crippen molar-refractivity contribution in [1.82, 2.24) is 9.78 Å². The molecule has 0 aromatic carbocycles. The van der Waals surface area contributed by atoms with Gasteiger partial charge in [0.15, 0.2) is 0 Å². The fourth-order valence-corrected chi connectivity index (χ4v) is 3.30. The average Bonchev–Trinajstić information content (AvgIpc) is 2.83. The highest BCUT2D eigenvalue weighted by atomic mass is 15.3. The van der Waals surface area contributed by atoms with E-state index in [0.29, 0.717) is 6.04 Å². The van der Waals surface area contributed by atoms with E-state index in [1.807, 2.05) is 0 Å². The Morgan fingerprint density at radius 1 is 1.28 bits per heavy atom. The molecule has 1 aromatic rings. The molecule has 3 heteroatoms. The number of hydrogen-bond donors (Lipinski definition) is 0. The molecule has 2 aliphatic carbocycles. The van der Waals surface area contributed by atoms with E-state index in [2.05, 4.69) is 23.0 Å². The number of rotatable bonds is 3. The monoisotopic (exact) mass is 243 g/mol. The largest absolute Gasteiger partial charge is 0.269 e. The molecule has 0 unspecified atom stereocenters. The molecule has 0 amide bonds. The molecule has 0 aliphatic heterocycles. The Bertz CT molecular complexity index is 445. The maximum atomic E-state index is 9.27. The van der Waals surface area contributed by atoms with Crippen LogP contribution in [0.5, 0.6) is 0 Å². The van der Waals surface area contributed by atoms with Crippen molar-refractivity contribution in [2.45, 2.75) is 63.8 Å². The summed E-state index contributed by atoms with van der Waals surface area (Å²) in [6.07, 6.45) is 12.9. The Hall–Kier alpha value is -1.30. The van der Waals surface area contributed by atoms with E-state index in [9.17, 15) is 5.26 Å². The van der Waals surface area contributed by atoms with Gasteiger partial charge in [-0.2, -0.15) is 10.4 Å². The summed E-state index contributed by atoms with van der Waals surface area (Å²) in [7, 11) is 0. The van der Waals surface area contributed by atoms with Crippen LogP contribution in [0.25, 0.3) is 0 Å². The minimum absolute atomic E-state index is 0.0915. The minimum atomic E-state index is -0.0915. The molecule has 0 saturated heterocycles. The predicted molar refractivity (Wildman–Crippen MR) is 70.0 cm³/mol. The second kappa shape index (κ2) is 4.76. The second-order valence-electron chi connectivity index (χ2n) is 6.00. The van der Waals surface area contributed by atoms with Gasteiger partial charge in [-0.25, -0.2) is 0 Å². The van der Waals surface area contributed by atoms with Crippen LogP contribution in [0.15, 0.2) is 12.3 Å². The molecular formula is C15H21N3. The van der Waals surface area contributed by atoms with E-state index in [1.165, 1.54) is 38.5 Å². The summed E-state index contributed by atoms with van der Waals surface area (Å²) < 4.78 is 2.15. The molecule has 3 nitrogen and oxygen atoms in total. The van der Waals surface area contributed by atoms with Crippen LogP contribution in [0.2, 0.25) is 0 Å². The summed E-state index contributed by atoms with van der Waals surface area (Å²) >= 11 is 0. The van der Waals surface area contributed by atoms with E-state index in [-0.39, 0.29) is 5.41 Å². The summed E-state index contributed by atoms with van der Waals surface area (Å²) in [5.41, 5.74) is 1.02. The number of hydrogen-bond acceptors (Lipinski definition) is 2. The highest BCUT2D eigenvalue weighted by Crippen LogP contribution is 2.42. The first-order valence-corrected chi connectivity index (χ1v) is 7.27. The van der Waals surface area contributed by atoms with Gasteiger partial charge in [0.05, 0.1) is 23.2 Å². The van der Waals surface area contributed by atoms with E-state index in [4.69, 9.17) is 5.10 Å². The molecule has 2 fully saturated rings. The number of nitriles is 1. The van der Waals surface area contributed by atoms with Crippen molar-refractivity contribution >= 4 is 0 Å². The van der Waals surface area contributed by atoms with Crippen LogP contribution in [0.3, 0.4) is 0 Å². The lowest BCUT2D eigenvalue weighted by molar-refractivity contribution is 0.211. The summed E-state index contributed by atoms with van der Waals surface area (Å²) in [6.45, 7) is 0. The van der Waals surface area contributed by atoms with Crippen LogP contribution in [0, 0.1) is 16.7 Å². The standard InChI is InChI=1S/C15H21N3/c16-12-15(8-4-9-15)11-13-7-10-18(17-13)14-5-2-1-3-6-14/h7,10,14H,1-6,8-9,11H2. The van der Waals surface area contributed by atoms with Crippen molar-refractivity contribution in [3.63, 3.8) is 0 Å². The first kappa shape index (κ1) is 11.8. The molecule has 2 aliphatic rings. The van der Waals surface area contributed by atoms with E-state index in [1.54, 1.807) is 0 Å². The molecule has 0 radical (unpaired) electrons. The van der Waals surface area contributed by atoms with Crippen LogP contribution in [-0.4, -0.2) is 9.78 Å². The smallest absolute Gasteiger partial charge is 0.0693 e. The fourth-order valence-electron chi connectivity index (χ4n) is 3.30. The van der Waals surface area contributed by atoms with Crippen LogP contribution < -0.4 is 0 Å². The first-order valence-electron chi connectivity index (χ1n) is 7.27. The lowest BCUT2D eigenvalue weighted by Gasteiger charge is -2.34. The lowest BCUT2D eigenvalue weighted by atomic mass is 9.67. The van der Waals surface area contributed by atoms with Crippen LogP contribution in [0.4, 0.5) is 0 Å². The minimum Gasteiger partial charge on any atom is -0.269 e. The van der Waals surface area contributed by atoms with Gasteiger partial charge in [-0.15, -0.1) is 0 Å². The predicted octanol–water partition coefficient (Wildman–Crippen LogP) is 3.62. The zero-order valence-electron chi connectivity index (χ0n) is 10.9. The molecule has 3 rings (SSSR count). The molecule has 1 aromatic heterocycles. The quantitative estimate of drug-likeness (QED) is 0.813. The van der Waals surface area contributed by atoms with Gasteiger partial charge < -0.3 is 0 Å². The first-order chi connectivity index (χ1) is 8.81. The molecule has 1 heterocycles. The van der Waals surface area contributed by atoms with Gasteiger partial charge in [-0.3, -0.25) is 4.68 Å². The summed E-state index contributed by atoms with van der Waals surface area (Å²) in [5, 5.41) is 14.0. The zero-order chi connectivity index (χ0) is 12.4. The molecule has 0 atom stereocenters. The lowest BCUT2D eigenvalue weighted by Crippen LogP contribution is -2.30. The number of aromatic nitrogens is 2. The topological polar surface area (TPSA) is 41.6 Å². The van der Waals surface area contributed by atoms with E-state index >= 15 is 0 Å². The van der Waals surface area contributed by atoms with Gasteiger partial charge in [0, 0.05) is 12.6 Å². The van der Waals surface area contributed by atoms with Gasteiger partial charge >= 0.3 is 0 Å². The summed E-state index contributed by atoms with van der Waals surface area (Å²) in [5.74, 6) is 0. The Kier molecular flexibility index (Phi) is 3.11. The van der Waals surface area contributed by atoms with Gasteiger partial charge in [-0.1, -0.05) is 25.7 Å². The SMILES string of the molecule is N#CC1(Cc2ccn(C3CCCCC3)n2)CCC1. The Balaban J connectivity index is 1.68. The van der Waals surface area contributed by atoms with Gasteiger partial charge in [0.1, 0.15) is 0 Å². The summed E-state index contributed by atoms with van der Waals surface area (Å²) in [6, 6.07) is 5.22. The third kappa shape index (κ3) is 2.16. The van der Waals surface area contributed by atoms with Crippen molar-refractivity contribution in [3.8, 4) is 6.07 Å². The van der Waals surface area contributed by atoms with Gasteiger partial charge in [-0.05, 0) is 31.7 Å². The normalized spacial score (nSPS) is 23.3. The second-order valence-corrected chi connectivity index (χ2v) is 6.00. The Morgan fingerprint density at radius 3 is 2.67 bits per heavy atom. The average molecular weight is 243 g/mol. The van der Waals surface area contributed by atoms with Crippen molar-refractivity contribution in [2.24, 2.45) is 5.41 Å². The van der Waals surface area contributed by atoms with Crippen LogP contribution >= 0.6 is 0 Å². The third-order valence-electron chi connectivity index (χ3n) is 4.68. The molecule has 0 bridgehead atoms. The molecule has 96 valence electrons. The Morgan fingerprint density at radius 2 is 2.06 bits per heavy atom. The molecule has 0 N–H and O–H groups in total. The third-order valence-corrected chi connectivity index (χ3v) is 4.68. The van der Waals surface area contributed by atoms with E-state index in [0.717, 1.165) is 25.0 Å². The maximum absolute atomic E-state index is 9.27. The molecular weight excluding hydrogens is 222 g/mol. The van der Waals surface area contributed by atoms with Crippen molar-refractivity contribution < 1.29 is 0 Å². The van der Waals surface area contributed by atoms with Gasteiger partial charge in [0.2, 0.25) is 0 Å². The molecule has 2 saturated carbocycles. The van der Waals surface area contributed by atoms with Crippen molar-refractivity contribution in [1.29, 1.82) is 5.26 Å². The van der Waals surface area contributed by atoms with Crippen LogP contribution in [0.1, 0.15) is 63.1 Å². The summed E-state index contributed by atoms with van der Waals surface area (Å²) in [4.78, 5) is 0. The highest BCUT2D eigenvalue weighted by molar-refractivity contribution is 5.13.